The molecular weight excluding hydrogens is 292 g/mol. The van der Waals surface area contributed by atoms with Crippen LogP contribution in [0, 0.1) is 0 Å². The molecule has 1 atom stereocenters. The van der Waals surface area contributed by atoms with E-state index in [1.54, 1.807) is 24.3 Å². The zero-order valence-electron chi connectivity index (χ0n) is 11.7. The summed E-state index contributed by atoms with van der Waals surface area (Å²) < 4.78 is 29.3. The van der Waals surface area contributed by atoms with Crippen molar-refractivity contribution in [1.82, 2.24) is 5.32 Å². The van der Waals surface area contributed by atoms with Gasteiger partial charge in [-0.25, -0.2) is 8.42 Å². The van der Waals surface area contributed by atoms with Crippen LogP contribution in [0.1, 0.15) is 18.4 Å². The maximum absolute atomic E-state index is 12.0. The fourth-order valence-electron chi connectivity index (χ4n) is 2.20. The van der Waals surface area contributed by atoms with E-state index in [0.29, 0.717) is 24.4 Å². The number of rotatable bonds is 6. The molecule has 1 aromatic rings. The molecule has 1 saturated heterocycles. The Balaban J connectivity index is 1.82. The van der Waals surface area contributed by atoms with Crippen LogP contribution in [-0.4, -0.2) is 39.3 Å². The van der Waals surface area contributed by atoms with Crippen LogP contribution in [0.4, 0.5) is 5.69 Å². The van der Waals surface area contributed by atoms with Gasteiger partial charge in [0.2, 0.25) is 5.91 Å². The number of sulfone groups is 1. The number of benzene rings is 1. The van der Waals surface area contributed by atoms with E-state index in [-0.39, 0.29) is 11.9 Å². The predicted molar refractivity (Wildman–Crippen MR) is 80.3 cm³/mol. The largest absolute Gasteiger partial charge is 0.399 e. The number of nitrogens with one attached hydrogen (secondary N) is 1. The molecule has 1 unspecified atom stereocenters. The van der Waals surface area contributed by atoms with Crippen LogP contribution in [0.15, 0.2) is 24.3 Å². The van der Waals surface area contributed by atoms with Gasteiger partial charge < -0.3 is 15.8 Å². The molecule has 0 spiro atoms. The summed E-state index contributed by atoms with van der Waals surface area (Å²) in [7, 11) is -3.49. The first-order chi connectivity index (χ1) is 9.94. The molecule has 21 heavy (non-hydrogen) atoms. The lowest BCUT2D eigenvalue weighted by Crippen LogP contribution is -2.36. The minimum Gasteiger partial charge on any atom is -0.399 e. The number of anilines is 1. The molecule has 0 saturated carbocycles. The molecule has 6 nitrogen and oxygen atoms in total. The summed E-state index contributed by atoms with van der Waals surface area (Å²) in [5.41, 5.74) is 6.74. The molecule has 1 amide bonds. The molecule has 1 heterocycles. The first kappa shape index (κ1) is 15.8. The van der Waals surface area contributed by atoms with Crippen molar-refractivity contribution in [1.29, 1.82) is 0 Å². The van der Waals surface area contributed by atoms with E-state index in [1.165, 1.54) is 0 Å². The van der Waals surface area contributed by atoms with Crippen LogP contribution in [0.25, 0.3) is 0 Å². The standard InChI is InChI=1S/C14H20N2O4S/c15-12-5-3-11(4-6-12)9-21(18,19)10-14(17)16-8-13-2-1-7-20-13/h3-6,13H,1-2,7-10,15H2,(H,16,17). The van der Waals surface area contributed by atoms with E-state index >= 15 is 0 Å². The summed E-state index contributed by atoms with van der Waals surface area (Å²) in [6, 6.07) is 6.58. The van der Waals surface area contributed by atoms with Crippen LogP contribution in [-0.2, 0) is 25.1 Å². The van der Waals surface area contributed by atoms with Crippen LogP contribution in [0.3, 0.4) is 0 Å². The number of carbonyl (C=O) groups is 1. The Morgan fingerprint density at radius 1 is 1.33 bits per heavy atom. The van der Waals surface area contributed by atoms with Gasteiger partial charge in [-0.15, -0.1) is 0 Å². The van der Waals surface area contributed by atoms with Gasteiger partial charge in [-0.2, -0.15) is 0 Å². The molecule has 0 aromatic heterocycles. The second-order valence-corrected chi connectivity index (χ2v) is 7.28. The van der Waals surface area contributed by atoms with Crippen LogP contribution in [0.2, 0.25) is 0 Å². The molecule has 0 radical (unpaired) electrons. The number of amides is 1. The third-order valence-corrected chi connectivity index (χ3v) is 4.74. The maximum atomic E-state index is 12.0. The summed E-state index contributed by atoms with van der Waals surface area (Å²) in [5, 5.41) is 2.61. The minimum atomic E-state index is -3.49. The highest BCUT2D eigenvalue weighted by molar-refractivity contribution is 7.91. The van der Waals surface area contributed by atoms with Gasteiger partial charge in [0.1, 0.15) is 5.75 Å². The third-order valence-electron chi connectivity index (χ3n) is 3.27. The average Bonchev–Trinajstić information content (AvgIpc) is 2.91. The Morgan fingerprint density at radius 3 is 2.67 bits per heavy atom. The Kier molecular flexibility index (Phi) is 5.19. The summed E-state index contributed by atoms with van der Waals surface area (Å²) in [4.78, 5) is 11.7. The highest BCUT2D eigenvalue weighted by Crippen LogP contribution is 2.11. The van der Waals surface area contributed by atoms with E-state index in [1.807, 2.05) is 0 Å². The van der Waals surface area contributed by atoms with Gasteiger partial charge in [0, 0.05) is 18.8 Å². The van der Waals surface area contributed by atoms with Crippen molar-refractivity contribution < 1.29 is 17.9 Å². The maximum Gasteiger partial charge on any atom is 0.235 e. The molecule has 1 fully saturated rings. The number of hydrogen-bond donors (Lipinski definition) is 2. The van der Waals surface area contributed by atoms with E-state index < -0.39 is 21.5 Å². The number of nitrogens with two attached hydrogens (primary N) is 1. The first-order valence-electron chi connectivity index (χ1n) is 6.88. The topological polar surface area (TPSA) is 98.5 Å². The van der Waals surface area contributed by atoms with Crippen LogP contribution in [0.5, 0.6) is 0 Å². The molecule has 1 aromatic carbocycles. The van der Waals surface area contributed by atoms with Crippen molar-refractivity contribution in [2.75, 3.05) is 24.6 Å². The molecule has 116 valence electrons. The quantitative estimate of drug-likeness (QED) is 0.744. The Hall–Kier alpha value is -1.60. The lowest BCUT2D eigenvalue weighted by atomic mass is 10.2. The van der Waals surface area contributed by atoms with Crippen molar-refractivity contribution in [3.8, 4) is 0 Å². The van der Waals surface area contributed by atoms with Gasteiger partial charge in [0.15, 0.2) is 9.84 Å². The zero-order chi connectivity index (χ0) is 15.3. The lowest BCUT2D eigenvalue weighted by Gasteiger charge is -2.11. The number of carbonyl (C=O) groups excluding carboxylic acids is 1. The molecule has 1 aliphatic heterocycles. The summed E-state index contributed by atoms with van der Waals surface area (Å²) in [5.74, 6) is -1.16. The van der Waals surface area contributed by atoms with Gasteiger partial charge >= 0.3 is 0 Å². The Bertz CT molecular complexity index is 577. The van der Waals surface area contributed by atoms with Gasteiger partial charge in [-0.05, 0) is 30.5 Å². The van der Waals surface area contributed by atoms with Crippen molar-refractivity contribution in [2.45, 2.75) is 24.7 Å². The van der Waals surface area contributed by atoms with Crippen molar-refractivity contribution >= 4 is 21.4 Å². The van der Waals surface area contributed by atoms with E-state index in [9.17, 15) is 13.2 Å². The summed E-state index contributed by atoms with van der Waals surface area (Å²) in [6.07, 6.45) is 1.89. The van der Waals surface area contributed by atoms with E-state index in [2.05, 4.69) is 5.32 Å². The number of ether oxygens (including phenoxy) is 1. The molecule has 7 heteroatoms. The molecule has 0 bridgehead atoms. The number of nitrogen functional groups attached to an aromatic ring is 1. The summed E-state index contributed by atoms with van der Waals surface area (Å²) >= 11 is 0. The zero-order valence-corrected chi connectivity index (χ0v) is 12.6. The summed E-state index contributed by atoms with van der Waals surface area (Å²) in [6.45, 7) is 1.08. The monoisotopic (exact) mass is 312 g/mol. The highest BCUT2D eigenvalue weighted by atomic mass is 32.2. The van der Waals surface area contributed by atoms with Crippen LogP contribution < -0.4 is 11.1 Å². The normalized spacial score (nSPS) is 18.6. The smallest absolute Gasteiger partial charge is 0.235 e. The van der Waals surface area contributed by atoms with Crippen molar-refractivity contribution in [2.24, 2.45) is 0 Å². The predicted octanol–water partition coefficient (Wildman–Crippen LogP) is 0.479. The third kappa shape index (κ3) is 5.35. The average molecular weight is 312 g/mol. The lowest BCUT2D eigenvalue weighted by molar-refractivity contribution is -0.119. The fourth-order valence-corrected chi connectivity index (χ4v) is 3.51. The van der Waals surface area contributed by atoms with E-state index in [0.717, 1.165) is 12.8 Å². The van der Waals surface area contributed by atoms with Gasteiger partial charge in [0.05, 0.1) is 11.9 Å². The second-order valence-electron chi connectivity index (χ2n) is 5.21. The first-order valence-corrected chi connectivity index (χ1v) is 8.70. The molecular formula is C14H20N2O4S. The van der Waals surface area contributed by atoms with Crippen molar-refractivity contribution in [3.05, 3.63) is 29.8 Å². The van der Waals surface area contributed by atoms with Gasteiger partial charge in [-0.3, -0.25) is 4.79 Å². The number of hydrogen-bond acceptors (Lipinski definition) is 5. The second kappa shape index (κ2) is 6.91. The van der Waals surface area contributed by atoms with E-state index in [4.69, 9.17) is 10.5 Å². The van der Waals surface area contributed by atoms with Gasteiger partial charge in [0.25, 0.3) is 0 Å². The highest BCUT2D eigenvalue weighted by Gasteiger charge is 2.20. The van der Waals surface area contributed by atoms with Crippen LogP contribution >= 0.6 is 0 Å². The Morgan fingerprint density at radius 2 is 2.05 bits per heavy atom. The van der Waals surface area contributed by atoms with Crippen molar-refractivity contribution in [3.63, 3.8) is 0 Å². The SMILES string of the molecule is Nc1ccc(CS(=O)(=O)CC(=O)NCC2CCCO2)cc1. The molecule has 3 N–H and O–H groups in total. The van der Waals surface area contributed by atoms with Gasteiger partial charge in [-0.1, -0.05) is 12.1 Å². The molecule has 0 aliphatic carbocycles. The molecule has 2 rings (SSSR count). The Labute approximate surface area is 124 Å². The molecule has 1 aliphatic rings. The minimum absolute atomic E-state index is 0.00810. The fraction of sp³-hybridized carbons (Fsp3) is 0.500.